The van der Waals surface area contributed by atoms with E-state index in [0.717, 1.165) is 6.42 Å². The molecule has 0 saturated heterocycles. The van der Waals surface area contributed by atoms with Crippen LogP contribution in [0.4, 0.5) is 0 Å². The Morgan fingerprint density at radius 1 is 1.56 bits per heavy atom. The first-order chi connectivity index (χ1) is 8.61. The van der Waals surface area contributed by atoms with Gasteiger partial charge in [0.25, 0.3) is 0 Å². The number of rotatable bonds is 9. The summed E-state index contributed by atoms with van der Waals surface area (Å²) in [5, 5.41) is 2.94. The summed E-state index contributed by atoms with van der Waals surface area (Å²) < 4.78 is 4.95. The summed E-state index contributed by atoms with van der Waals surface area (Å²) in [4.78, 5) is 14.1. The SMILES string of the molecule is COCCCNC(=O)C(C)N(C)C(CN)C1CC1. The molecule has 18 heavy (non-hydrogen) atoms. The Kier molecular flexibility index (Phi) is 6.60. The molecule has 1 aliphatic carbocycles. The molecule has 1 saturated carbocycles. The summed E-state index contributed by atoms with van der Waals surface area (Å²) >= 11 is 0. The molecule has 1 aliphatic rings. The van der Waals surface area contributed by atoms with Crippen LogP contribution in [-0.4, -0.2) is 56.7 Å². The second kappa shape index (κ2) is 7.71. The molecule has 0 aliphatic heterocycles. The molecule has 0 bridgehead atoms. The molecule has 0 heterocycles. The van der Waals surface area contributed by atoms with Gasteiger partial charge in [0.15, 0.2) is 0 Å². The summed E-state index contributed by atoms with van der Waals surface area (Å²) in [6.45, 7) is 3.92. The molecule has 2 atom stereocenters. The number of carbonyl (C=O) groups is 1. The quantitative estimate of drug-likeness (QED) is 0.579. The summed E-state index contributed by atoms with van der Waals surface area (Å²) in [6.07, 6.45) is 3.34. The number of methoxy groups -OCH3 is 1. The zero-order valence-electron chi connectivity index (χ0n) is 11.8. The number of nitrogens with one attached hydrogen (secondary N) is 1. The lowest BCUT2D eigenvalue weighted by Gasteiger charge is -2.31. The highest BCUT2D eigenvalue weighted by molar-refractivity contribution is 5.81. The number of hydrogen-bond donors (Lipinski definition) is 2. The zero-order chi connectivity index (χ0) is 13.5. The van der Waals surface area contributed by atoms with Crippen LogP contribution >= 0.6 is 0 Å². The molecule has 5 nitrogen and oxygen atoms in total. The minimum Gasteiger partial charge on any atom is -0.385 e. The Morgan fingerprint density at radius 3 is 2.72 bits per heavy atom. The number of nitrogens with two attached hydrogens (primary N) is 1. The van der Waals surface area contributed by atoms with Crippen LogP contribution in [0.1, 0.15) is 26.2 Å². The van der Waals surface area contributed by atoms with Crippen molar-refractivity contribution in [2.24, 2.45) is 11.7 Å². The molecule has 1 fully saturated rings. The molecule has 0 radical (unpaired) electrons. The summed E-state index contributed by atoms with van der Waals surface area (Å²) in [5.74, 6) is 0.761. The number of hydrogen-bond acceptors (Lipinski definition) is 4. The Bertz CT molecular complexity index is 257. The molecule has 106 valence electrons. The molecule has 1 rings (SSSR count). The smallest absolute Gasteiger partial charge is 0.237 e. The zero-order valence-corrected chi connectivity index (χ0v) is 11.8. The van der Waals surface area contributed by atoms with Crippen LogP contribution in [0.2, 0.25) is 0 Å². The van der Waals surface area contributed by atoms with Crippen molar-refractivity contribution in [2.45, 2.75) is 38.3 Å². The molecular weight excluding hydrogens is 230 g/mol. The van der Waals surface area contributed by atoms with Crippen molar-refractivity contribution in [1.82, 2.24) is 10.2 Å². The first kappa shape index (κ1) is 15.4. The van der Waals surface area contributed by atoms with Crippen molar-refractivity contribution in [3.05, 3.63) is 0 Å². The first-order valence-electron chi connectivity index (χ1n) is 6.80. The fourth-order valence-corrected chi connectivity index (χ4v) is 2.22. The van der Waals surface area contributed by atoms with Gasteiger partial charge in [0.1, 0.15) is 0 Å². The molecule has 0 aromatic rings. The van der Waals surface area contributed by atoms with E-state index in [9.17, 15) is 4.79 Å². The number of carbonyl (C=O) groups excluding carboxylic acids is 1. The maximum absolute atomic E-state index is 12.0. The van der Waals surface area contributed by atoms with Gasteiger partial charge < -0.3 is 15.8 Å². The molecule has 0 aromatic heterocycles. The lowest BCUT2D eigenvalue weighted by molar-refractivity contribution is -0.126. The molecule has 3 N–H and O–H groups in total. The summed E-state index contributed by atoms with van der Waals surface area (Å²) in [6, 6.07) is 0.214. The van der Waals surface area contributed by atoms with E-state index in [1.165, 1.54) is 12.8 Å². The summed E-state index contributed by atoms with van der Waals surface area (Å²) in [7, 11) is 3.66. The first-order valence-corrected chi connectivity index (χ1v) is 6.80. The van der Waals surface area contributed by atoms with E-state index < -0.39 is 0 Å². The Labute approximate surface area is 110 Å². The van der Waals surface area contributed by atoms with Gasteiger partial charge in [0.2, 0.25) is 5.91 Å². The highest BCUT2D eigenvalue weighted by atomic mass is 16.5. The third kappa shape index (κ3) is 4.55. The van der Waals surface area contributed by atoms with E-state index >= 15 is 0 Å². The van der Waals surface area contributed by atoms with Gasteiger partial charge >= 0.3 is 0 Å². The van der Waals surface area contributed by atoms with Gasteiger partial charge in [-0.3, -0.25) is 9.69 Å². The second-order valence-electron chi connectivity index (χ2n) is 5.12. The molecule has 1 amide bonds. The Morgan fingerprint density at radius 2 is 2.22 bits per heavy atom. The van der Waals surface area contributed by atoms with Crippen molar-refractivity contribution in [3.8, 4) is 0 Å². The van der Waals surface area contributed by atoms with Gasteiger partial charge in [-0.2, -0.15) is 0 Å². The number of likely N-dealkylation sites (N-methyl/N-ethyl adjacent to an activating group) is 1. The molecule has 5 heteroatoms. The normalized spacial score (nSPS) is 18.7. The second-order valence-corrected chi connectivity index (χ2v) is 5.12. The van der Waals surface area contributed by atoms with Crippen LogP contribution in [0.3, 0.4) is 0 Å². The fraction of sp³-hybridized carbons (Fsp3) is 0.923. The number of ether oxygens (including phenoxy) is 1. The lowest BCUT2D eigenvalue weighted by Crippen LogP contribution is -2.51. The lowest BCUT2D eigenvalue weighted by atomic mass is 10.1. The van der Waals surface area contributed by atoms with E-state index in [1.807, 2.05) is 14.0 Å². The highest BCUT2D eigenvalue weighted by Crippen LogP contribution is 2.35. The van der Waals surface area contributed by atoms with Crippen LogP contribution in [-0.2, 0) is 9.53 Å². The van der Waals surface area contributed by atoms with Crippen LogP contribution in [0.5, 0.6) is 0 Å². The topological polar surface area (TPSA) is 67.6 Å². The van der Waals surface area contributed by atoms with Gasteiger partial charge in [0.05, 0.1) is 6.04 Å². The fourth-order valence-electron chi connectivity index (χ4n) is 2.22. The van der Waals surface area contributed by atoms with Crippen molar-refractivity contribution >= 4 is 5.91 Å². The van der Waals surface area contributed by atoms with Gasteiger partial charge in [-0.1, -0.05) is 0 Å². The van der Waals surface area contributed by atoms with E-state index in [0.29, 0.717) is 31.7 Å². The maximum Gasteiger partial charge on any atom is 0.237 e. The van der Waals surface area contributed by atoms with Crippen molar-refractivity contribution in [2.75, 3.05) is 33.9 Å². The van der Waals surface area contributed by atoms with Crippen molar-refractivity contribution < 1.29 is 9.53 Å². The Balaban J connectivity index is 2.31. The molecular formula is C13H27N3O2. The van der Waals surface area contributed by atoms with E-state index in [2.05, 4.69) is 10.2 Å². The average molecular weight is 257 g/mol. The maximum atomic E-state index is 12.0. The van der Waals surface area contributed by atoms with Gasteiger partial charge in [-0.25, -0.2) is 0 Å². The monoisotopic (exact) mass is 257 g/mol. The van der Waals surface area contributed by atoms with Crippen molar-refractivity contribution in [3.63, 3.8) is 0 Å². The minimum atomic E-state index is -0.123. The summed E-state index contributed by atoms with van der Waals surface area (Å²) in [5.41, 5.74) is 5.80. The Hall–Kier alpha value is -0.650. The average Bonchev–Trinajstić information content (AvgIpc) is 3.18. The predicted molar refractivity (Wildman–Crippen MR) is 72.3 cm³/mol. The molecule has 0 spiro atoms. The van der Waals surface area contributed by atoms with E-state index in [-0.39, 0.29) is 11.9 Å². The van der Waals surface area contributed by atoms with Crippen LogP contribution in [0, 0.1) is 5.92 Å². The van der Waals surface area contributed by atoms with E-state index in [1.54, 1.807) is 7.11 Å². The van der Waals surface area contributed by atoms with Gasteiger partial charge in [-0.15, -0.1) is 0 Å². The molecule has 2 unspecified atom stereocenters. The van der Waals surface area contributed by atoms with Crippen LogP contribution in [0.25, 0.3) is 0 Å². The van der Waals surface area contributed by atoms with Crippen LogP contribution in [0.15, 0.2) is 0 Å². The molecule has 0 aromatic carbocycles. The van der Waals surface area contributed by atoms with Gasteiger partial charge in [0, 0.05) is 32.8 Å². The van der Waals surface area contributed by atoms with Crippen LogP contribution < -0.4 is 11.1 Å². The van der Waals surface area contributed by atoms with Crippen molar-refractivity contribution in [1.29, 1.82) is 0 Å². The standard InChI is InChI=1S/C13H27N3O2/c1-10(13(17)15-7-4-8-18-3)16(2)12(9-14)11-5-6-11/h10-12H,4-9,14H2,1-3H3,(H,15,17). The largest absolute Gasteiger partial charge is 0.385 e. The third-order valence-electron chi connectivity index (χ3n) is 3.75. The van der Waals surface area contributed by atoms with E-state index in [4.69, 9.17) is 10.5 Å². The highest BCUT2D eigenvalue weighted by Gasteiger charge is 2.35. The number of nitrogens with zero attached hydrogens (tertiary/aromatic N) is 1. The van der Waals surface area contributed by atoms with Gasteiger partial charge in [-0.05, 0) is 39.2 Å². The number of amides is 1. The predicted octanol–water partition coefficient (Wildman–Crippen LogP) is 0.197. The minimum absolute atomic E-state index is 0.0766. The third-order valence-corrected chi connectivity index (χ3v) is 3.75.